The first-order valence-corrected chi connectivity index (χ1v) is 17.8. The van der Waals surface area contributed by atoms with Crippen molar-refractivity contribution in [3.8, 4) is 0 Å². The van der Waals surface area contributed by atoms with Crippen LogP contribution in [0.4, 0.5) is 0 Å². The lowest BCUT2D eigenvalue weighted by atomic mass is 9.93. The summed E-state index contributed by atoms with van der Waals surface area (Å²) in [4.78, 5) is 62.8. The molecular formula is C40H36Cl2N4O5. The number of carbonyl (C=O) groups is 4. The summed E-state index contributed by atoms with van der Waals surface area (Å²) >= 11 is 13.6. The molecule has 0 spiro atoms. The van der Waals surface area contributed by atoms with Gasteiger partial charge in [0.15, 0.2) is 0 Å². The number of nitrogens with one attached hydrogen (secondary N) is 2. The molecule has 4 aromatic carbocycles. The number of nitrogens with zero attached hydrogens (tertiary/aromatic N) is 2. The third-order valence-corrected chi connectivity index (χ3v) is 10.6. The highest BCUT2D eigenvalue weighted by atomic mass is 35.5. The van der Waals surface area contributed by atoms with Gasteiger partial charge in [-0.2, -0.15) is 0 Å². The number of ketones is 1. The highest BCUT2D eigenvalue weighted by Gasteiger charge is 2.31. The highest BCUT2D eigenvalue weighted by Crippen LogP contribution is 2.37. The lowest BCUT2D eigenvalue weighted by molar-refractivity contribution is -0.147. The molecule has 1 aliphatic carbocycles. The number of ether oxygens (including phenoxy) is 1. The van der Waals surface area contributed by atoms with Crippen molar-refractivity contribution in [1.82, 2.24) is 20.2 Å². The molecule has 2 amide bonds. The Kier molecular flexibility index (Phi) is 10.2. The molecular weight excluding hydrogens is 687 g/mol. The van der Waals surface area contributed by atoms with E-state index in [0.717, 1.165) is 40.6 Å². The molecule has 11 heteroatoms. The first-order valence-electron chi connectivity index (χ1n) is 17.1. The van der Waals surface area contributed by atoms with Crippen molar-refractivity contribution in [2.45, 2.75) is 63.6 Å². The second-order valence-electron chi connectivity index (χ2n) is 13.1. The Labute approximate surface area is 305 Å². The fourth-order valence-electron chi connectivity index (χ4n) is 7.13. The Morgan fingerprint density at radius 3 is 2.61 bits per heavy atom. The number of halogens is 2. The number of fused-ring (bicyclic) bond motifs is 3. The van der Waals surface area contributed by atoms with Gasteiger partial charge in [-0.1, -0.05) is 77.8 Å². The van der Waals surface area contributed by atoms with Crippen molar-refractivity contribution in [1.29, 1.82) is 0 Å². The van der Waals surface area contributed by atoms with Gasteiger partial charge in [0.05, 0.1) is 33.0 Å². The molecule has 2 atom stereocenters. The van der Waals surface area contributed by atoms with E-state index in [0.29, 0.717) is 24.9 Å². The number of esters is 1. The van der Waals surface area contributed by atoms with Crippen molar-refractivity contribution in [3.63, 3.8) is 0 Å². The van der Waals surface area contributed by atoms with Crippen molar-refractivity contribution >= 4 is 57.8 Å². The predicted molar refractivity (Wildman–Crippen MR) is 195 cm³/mol. The number of aromatic amines is 1. The molecule has 9 nitrogen and oxygen atoms in total. The maximum Gasteiger partial charge on any atom is 0.328 e. The van der Waals surface area contributed by atoms with Crippen molar-refractivity contribution < 1.29 is 23.9 Å². The number of H-pyrrole nitrogens is 1. The third kappa shape index (κ3) is 7.55. The van der Waals surface area contributed by atoms with Crippen molar-refractivity contribution in [3.05, 3.63) is 134 Å². The highest BCUT2D eigenvalue weighted by molar-refractivity contribution is 6.40. The molecule has 1 aliphatic heterocycles. The molecule has 0 saturated carbocycles. The van der Waals surface area contributed by atoms with Crippen molar-refractivity contribution in [2.75, 3.05) is 6.54 Å². The van der Waals surface area contributed by atoms with E-state index in [1.807, 2.05) is 42.5 Å². The average molecular weight is 724 g/mol. The van der Waals surface area contributed by atoms with Gasteiger partial charge in [0.1, 0.15) is 18.4 Å². The van der Waals surface area contributed by atoms with E-state index in [-0.39, 0.29) is 59.2 Å². The number of carbonyl (C=O) groups excluding carboxylic acids is 4. The second-order valence-corrected chi connectivity index (χ2v) is 13.9. The maximum atomic E-state index is 13.8. The quantitative estimate of drug-likeness (QED) is 0.137. The van der Waals surface area contributed by atoms with Gasteiger partial charge in [-0.25, -0.2) is 9.78 Å². The monoisotopic (exact) mass is 722 g/mol. The largest absolute Gasteiger partial charge is 0.459 e. The van der Waals surface area contributed by atoms with E-state index in [4.69, 9.17) is 27.9 Å². The lowest BCUT2D eigenvalue weighted by Crippen LogP contribution is -2.42. The lowest BCUT2D eigenvalue weighted by Gasteiger charge is -2.30. The van der Waals surface area contributed by atoms with Crippen LogP contribution in [0.25, 0.3) is 11.0 Å². The summed E-state index contributed by atoms with van der Waals surface area (Å²) < 4.78 is 5.61. The fourth-order valence-corrected chi connectivity index (χ4v) is 7.90. The molecule has 51 heavy (non-hydrogen) atoms. The Morgan fingerprint density at radius 1 is 0.961 bits per heavy atom. The SMILES string of the molecule is O=C(CC[C@H](NC(=O)c1c(Cl)cc2c(c1Cl)CCN(C(=O)c1ccc3nc[nH]c3c1)C2)C(=O)OCc1ccccc1)C[C@@H]1CCc2ccccc21. The zero-order chi connectivity index (χ0) is 35.5. The Bertz CT molecular complexity index is 2130. The van der Waals surface area contributed by atoms with Crippen molar-refractivity contribution in [2.24, 2.45) is 0 Å². The number of imidazole rings is 1. The predicted octanol–water partition coefficient (Wildman–Crippen LogP) is 7.38. The molecule has 260 valence electrons. The van der Waals surface area contributed by atoms with E-state index in [1.54, 1.807) is 35.5 Å². The molecule has 0 bridgehead atoms. The number of hydrogen-bond donors (Lipinski definition) is 2. The fraction of sp³-hybridized carbons (Fsp3) is 0.275. The van der Waals surface area contributed by atoms with Crippen LogP contribution in [0.2, 0.25) is 10.0 Å². The minimum absolute atomic E-state index is 0.0141. The number of aromatic nitrogens is 2. The molecule has 0 saturated heterocycles. The topological polar surface area (TPSA) is 121 Å². The summed E-state index contributed by atoms with van der Waals surface area (Å²) in [7, 11) is 0. The van der Waals surface area contributed by atoms with Crippen LogP contribution in [-0.4, -0.2) is 51.0 Å². The van der Waals surface area contributed by atoms with Gasteiger partial charge in [0.25, 0.3) is 11.8 Å². The minimum atomic E-state index is -1.11. The Hall–Kier alpha value is -4.99. The van der Waals surface area contributed by atoms with E-state index < -0.39 is 17.9 Å². The van der Waals surface area contributed by atoms with Crippen LogP contribution in [0.1, 0.15) is 80.1 Å². The average Bonchev–Trinajstić information content (AvgIpc) is 3.79. The molecule has 7 rings (SSSR count). The van der Waals surface area contributed by atoms with Gasteiger partial charge in [-0.15, -0.1) is 0 Å². The molecule has 5 aromatic rings. The van der Waals surface area contributed by atoms with Crippen LogP contribution in [-0.2, 0) is 40.3 Å². The summed E-state index contributed by atoms with van der Waals surface area (Å²) in [6.07, 6.45) is 4.37. The van der Waals surface area contributed by atoms with Crippen LogP contribution in [0.15, 0.2) is 85.2 Å². The van der Waals surface area contributed by atoms with E-state index in [2.05, 4.69) is 27.4 Å². The summed E-state index contributed by atoms with van der Waals surface area (Å²) in [5.74, 6) is -1.28. The van der Waals surface area contributed by atoms with Gasteiger partial charge in [0.2, 0.25) is 0 Å². The van der Waals surface area contributed by atoms with E-state index >= 15 is 0 Å². The van der Waals surface area contributed by atoms with Gasteiger partial charge in [0, 0.05) is 31.5 Å². The summed E-state index contributed by atoms with van der Waals surface area (Å²) in [5, 5.41) is 3.04. The zero-order valence-electron chi connectivity index (χ0n) is 27.8. The zero-order valence-corrected chi connectivity index (χ0v) is 29.3. The number of aryl methyl sites for hydroxylation is 1. The van der Waals surface area contributed by atoms with Crippen LogP contribution in [0.5, 0.6) is 0 Å². The minimum Gasteiger partial charge on any atom is -0.459 e. The first kappa shape index (κ1) is 34.5. The molecule has 0 fully saturated rings. The smallest absolute Gasteiger partial charge is 0.328 e. The van der Waals surface area contributed by atoms with Gasteiger partial charge in [-0.3, -0.25) is 14.4 Å². The number of amides is 2. The molecule has 2 aliphatic rings. The van der Waals surface area contributed by atoms with Gasteiger partial charge in [-0.05, 0) is 83.7 Å². The standard InChI is InChI=1S/C40H36Cl2N4O5/c41-32-19-28-21-46(39(49)27-12-14-33-35(20-27)44-23-43-33)17-16-31(28)37(42)36(32)38(48)45-34(40(50)51-22-24-6-2-1-3-7-24)15-13-29(47)18-26-11-10-25-8-4-5-9-30(25)26/h1-9,12,14,19-20,23,26,34H,10-11,13,15-18,21-22H2,(H,43,44)(H,45,48)/t26-,34-/m0/s1. The number of Topliss-reactive ketones (excluding diaryl/α,β-unsaturated/α-hetero) is 1. The first-order chi connectivity index (χ1) is 24.7. The second kappa shape index (κ2) is 15.1. The van der Waals surface area contributed by atoms with E-state index in [9.17, 15) is 19.2 Å². The van der Waals surface area contributed by atoms with Gasteiger partial charge < -0.3 is 19.9 Å². The maximum absolute atomic E-state index is 13.8. The van der Waals surface area contributed by atoms with Crippen LogP contribution in [0, 0.1) is 0 Å². The molecule has 0 radical (unpaired) electrons. The number of hydrogen-bond acceptors (Lipinski definition) is 6. The number of benzene rings is 4. The molecule has 2 heterocycles. The van der Waals surface area contributed by atoms with Crippen LogP contribution < -0.4 is 5.32 Å². The molecule has 1 aromatic heterocycles. The third-order valence-electron chi connectivity index (χ3n) is 9.84. The Balaban J connectivity index is 1.05. The number of rotatable bonds is 11. The normalized spacial score (nSPS) is 15.6. The summed E-state index contributed by atoms with van der Waals surface area (Å²) in [6.45, 7) is 0.667. The van der Waals surface area contributed by atoms with E-state index in [1.165, 1.54) is 11.1 Å². The summed E-state index contributed by atoms with van der Waals surface area (Å²) in [5.41, 5.74) is 6.84. The van der Waals surface area contributed by atoms with Crippen LogP contribution in [0.3, 0.4) is 0 Å². The molecule has 2 N–H and O–H groups in total. The summed E-state index contributed by atoms with van der Waals surface area (Å²) in [6, 6.07) is 23.3. The molecule has 0 unspecified atom stereocenters. The Morgan fingerprint density at radius 2 is 1.76 bits per heavy atom. The van der Waals surface area contributed by atoms with Gasteiger partial charge >= 0.3 is 5.97 Å². The van der Waals surface area contributed by atoms with Crippen LogP contribution >= 0.6 is 23.2 Å².